The monoisotopic (exact) mass is 217 g/mol. The molecule has 0 aromatic heterocycles. The van der Waals surface area contributed by atoms with E-state index in [-0.39, 0.29) is 6.04 Å². The Bertz CT molecular complexity index is 327. The van der Waals surface area contributed by atoms with Crippen LogP contribution in [0.2, 0.25) is 6.82 Å². The highest BCUT2D eigenvalue weighted by molar-refractivity contribution is 6.25. The number of nitrogens with one attached hydrogen (secondary N) is 1. The summed E-state index contributed by atoms with van der Waals surface area (Å²) in [6, 6.07) is 10.2. The van der Waals surface area contributed by atoms with Gasteiger partial charge in [-0.1, -0.05) is 37.2 Å². The molecule has 1 aliphatic heterocycles. The second kappa shape index (κ2) is 5.00. The lowest BCUT2D eigenvalue weighted by atomic mass is 9.91. The van der Waals surface area contributed by atoms with E-state index in [1.165, 1.54) is 0 Å². The lowest BCUT2D eigenvalue weighted by Crippen LogP contribution is -2.54. The molecule has 1 aromatic carbocycles. The maximum Gasteiger partial charge on any atom is 0.292 e. The van der Waals surface area contributed by atoms with E-state index < -0.39 is 5.72 Å². The summed E-state index contributed by atoms with van der Waals surface area (Å²) >= 11 is 0. The molecule has 1 fully saturated rings. The molecule has 1 unspecified atom stereocenters. The van der Waals surface area contributed by atoms with Gasteiger partial charge in [-0.25, -0.2) is 0 Å². The van der Waals surface area contributed by atoms with Crippen molar-refractivity contribution in [3.05, 3.63) is 35.9 Å². The van der Waals surface area contributed by atoms with E-state index >= 15 is 0 Å². The molecule has 0 bridgehead atoms. The molecule has 3 N–H and O–H groups in total. The van der Waals surface area contributed by atoms with Crippen molar-refractivity contribution in [1.82, 2.24) is 5.32 Å². The van der Waals surface area contributed by atoms with E-state index in [0.29, 0.717) is 0 Å². The SMILES string of the molecule is C[B]OC(N)(c1ccccc1)[C@H]1CCCN1. The predicted octanol–water partition coefficient (Wildman–Crippen LogP) is 1.23. The highest BCUT2D eigenvalue weighted by Gasteiger charge is 2.38. The highest BCUT2D eigenvalue weighted by Crippen LogP contribution is 2.28. The van der Waals surface area contributed by atoms with Crippen LogP contribution in [0.25, 0.3) is 0 Å². The Labute approximate surface area is 97.6 Å². The van der Waals surface area contributed by atoms with Gasteiger partial charge in [0, 0.05) is 0 Å². The molecule has 2 atom stereocenters. The van der Waals surface area contributed by atoms with E-state index in [9.17, 15) is 0 Å². The zero-order valence-electron chi connectivity index (χ0n) is 9.65. The molecule has 1 radical (unpaired) electrons. The summed E-state index contributed by atoms with van der Waals surface area (Å²) in [6.45, 7) is 2.88. The smallest absolute Gasteiger partial charge is 0.292 e. The van der Waals surface area contributed by atoms with E-state index in [0.717, 1.165) is 24.9 Å². The minimum atomic E-state index is -0.744. The van der Waals surface area contributed by atoms with Crippen molar-refractivity contribution in [2.45, 2.75) is 31.4 Å². The lowest BCUT2D eigenvalue weighted by molar-refractivity contribution is 0.0413. The Morgan fingerprint density at radius 3 is 2.75 bits per heavy atom. The van der Waals surface area contributed by atoms with Gasteiger partial charge >= 0.3 is 0 Å². The Morgan fingerprint density at radius 1 is 1.44 bits per heavy atom. The third-order valence-corrected chi connectivity index (χ3v) is 3.12. The van der Waals surface area contributed by atoms with Gasteiger partial charge in [-0.2, -0.15) is 0 Å². The first-order valence-electron chi connectivity index (χ1n) is 5.81. The Hall–Kier alpha value is -0.835. The maximum atomic E-state index is 6.42. The zero-order valence-corrected chi connectivity index (χ0v) is 9.65. The van der Waals surface area contributed by atoms with Gasteiger partial charge in [-0.05, 0) is 24.9 Å². The predicted molar refractivity (Wildman–Crippen MR) is 66.0 cm³/mol. The molecule has 3 nitrogen and oxygen atoms in total. The van der Waals surface area contributed by atoms with Crippen LogP contribution in [0, 0.1) is 0 Å². The normalized spacial score (nSPS) is 24.0. The number of hydrogen-bond donors (Lipinski definition) is 2. The molecule has 0 saturated carbocycles. The first kappa shape index (κ1) is 11.6. The van der Waals surface area contributed by atoms with Gasteiger partial charge in [0.1, 0.15) is 5.72 Å². The lowest BCUT2D eigenvalue weighted by Gasteiger charge is -2.36. The van der Waals surface area contributed by atoms with E-state index in [1.54, 1.807) is 7.48 Å². The summed E-state index contributed by atoms with van der Waals surface area (Å²) in [5, 5.41) is 3.41. The second-order valence-electron chi connectivity index (χ2n) is 4.16. The first-order valence-corrected chi connectivity index (χ1v) is 5.81. The molecule has 85 valence electrons. The molecule has 1 aliphatic rings. The third kappa shape index (κ3) is 2.14. The minimum Gasteiger partial charge on any atom is -0.420 e. The number of hydrogen-bond acceptors (Lipinski definition) is 3. The first-order chi connectivity index (χ1) is 7.77. The molecule has 0 amide bonds. The number of nitrogens with two attached hydrogens (primary N) is 1. The van der Waals surface area contributed by atoms with Gasteiger partial charge < -0.3 is 9.97 Å². The fourth-order valence-corrected chi connectivity index (χ4v) is 2.30. The van der Waals surface area contributed by atoms with Gasteiger partial charge in [0.2, 0.25) is 0 Å². The van der Waals surface area contributed by atoms with Crippen LogP contribution in [-0.2, 0) is 10.4 Å². The molecule has 2 rings (SSSR count). The van der Waals surface area contributed by atoms with Crippen molar-refractivity contribution in [2.24, 2.45) is 5.73 Å². The van der Waals surface area contributed by atoms with Gasteiger partial charge in [0.25, 0.3) is 7.48 Å². The molecule has 0 aliphatic carbocycles. The van der Waals surface area contributed by atoms with Gasteiger partial charge in [0.05, 0.1) is 6.04 Å². The van der Waals surface area contributed by atoms with Crippen molar-refractivity contribution in [3.63, 3.8) is 0 Å². The van der Waals surface area contributed by atoms with Crippen LogP contribution in [0.3, 0.4) is 0 Å². The summed E-state index contributed by atoms with van der Waals surface area (Å²) in [6.07, 6.45) is 2.21. The molecule has 0 spiro atoms. The fraction of sp³-hybridized carbons (Fsp3) is 0.500. The van der Waals surface area contributed by atoms with Crippen LogP contribution in [0.5, 0.6) is 0 Å². The highest BCUT2D eigenvalue weighted by atomic mass is 16.5. The molecular formula is C12H18BN2O. The van der Waals surface area contributed by atoms with Crippen molar-refractivity contribution < 1.29 is 4.65 Å². The summed E-state index contributed by atoms with van der Waals surface area (Å²) < 4.78 is 5.69. The minimum absolute atomic E-state index is 0.186. The van der Waals surface area contributed by atoms with Crippen LogP contribution < -0.4 is 11.1 Å². The van der Waals surface area contributed by atoms with Gasteiger partial charge in [-0.3, -0.25) is 5.73 Å². The van der Waals surface area contributed by atoms with Crippen molar-refractivity contribution >= 4 is 7.48 Å². The average Bonchev–Trinajstić information content (AvgIpc) is 2.84. The molecule has 16 heavy (non-hydrogen) atoms. The Morgan fingerprint density at radius 2 is 2.19 bits per heavy atom. The largest absolute Gasteiger partial charge is 0.420 e. The van der Waals surface area contributed by atoms with E-state index in [2.05, 4.69) is 5.32 Å². The number of rotatable bonds is 4. The maximum absolute atomic E-state index is 6.42. The van der Waals surface area contributed by atoms with Crippen LogP contribution in [0.1, 0.15) is 18.4 Å². The van der Waals surface area contributed by atoms with Crippen molar-refractivity contribution in [3.8, 4) is 0 Å². The fourth-order valence-electron chi connectivity index (χ4n) is 2.30. The standard InChI is InChI=1S/C12H18BN2O/c1-13-16-12(14,11-8-5-9-15-11)10-6-3-2-4-7-10/h2-4,6-7,11,15H,5,8-9,14H2,1H3/t11-,12?/m1/s1. The van der Waals surface area contributed by atoms with Crippen molar-refractivity contribution in [1.29, 1.82) is 0 Å². The third-order valence-electron chi connectivity index (χ3n) is 3.12. The average molecular weight is 217 g/mol. The van der Waals surface area contributed by atoms with E-state index in [4.69, 9.17) is 10.4 Å². The quantitative estimate of drug-likeness (QED) is 0.589. The van der Waals surface area contributed by atoms with Crippen LogP contribution in [0.4, 0.5) is 0 Å². The molecule has 4 heteroatoms. The van der Waals surface area contributed by atoms with Crippen LogP contribution >= 0.6 is 0 Å². The van der Waals surface area contributed by atoms with Crippen molar-refractivity contribution in [2.75, 3.05) is 6.54 Å². The summed E-state index contributed by atoms with van der Waals surface area (Å²) in [7, 11) is 1.67. The number of benzene rings is 1. The Balaban J connectivity index is 2.27. The van der Waals surface area contributed by atoms with E-state index in [1.807, 2.05) is 37.2 Å². The zero-order chi connectivity index (χ0) is 11.4. The topological polar surface area (TPSA) is 47.3 Å². The summed E-state index contributed by atoms with van der Waals surface area (Å²) in [5.74, 6) is 0. The summed E-state index contributed by atoms with van der Waals surface area (Å²) in [4.78, 5) is 0. The molecular weight excluding hydrogens is 199 g/mol. The Kier molecular flexibility index (Phi) is 3.64. The summed E-state index contributed by atoms with van der Waals surface area (Å²) in [5.41, 5.74) is 6.70. The van der Waals surface area contributed by atoms with Gasteiger partial charge in [-0.15, -0.1) is 0 Å². The van der Waals surface area contributed by atoms with Crippen LogP contribution in [-0.4, -0.2) is 20.1 Å². The molecule has 1 saturated heterocycles. The molecule has 1 aromatic rings. The molecule has 1 heterocycles. The second-order valence-corrected chi connectivity index (χ2v) is 4.16. The van der Waals surface area contributed by atoms with Crippen LogP contribution in [0.15, 0.2) is 30.3 Å². The van der Waals surface area contributed by atoms with Gasteiger partial charge in [0.15, 0.2) is 0 Å².